The first-order valence-electron chi connectivity index (χ1n) is 5.64. The smallest absolute Gasteiger partial charge is 0.209 e. The Bertz CT molecular complexity index is 440. The van der Waals surface area contributed by atoms with Crippen LogP contribution in [0.4, 0.5) is 5.82 Å². The summed E-state index contributed by atoms with van der Waals surface area (Å²) < 4.78 is 0. The first-order valence-corrected chi connectivity index (χ1v) is 5.64. The van der Waals surface area contributed by atoms with E-state index in [-0.39, 0.29) is 0 Å². The van der Waals surface area contributed by atoms with Crippen molar-refractivity contribution in [2.24, 2.45) is 0 Å². The van der Waals surface area contributed by atoms with Crippen LogP contribution in [0.1, 0.15) is 12.0 Å². The van der Waals surface area contributed by atoms with E-state index in [0.29, 0.717) is 12.1 Å². The van der Waals surface area contributed by atoms with Crippen LogP contribution in [0, 0.1) is 11.3 Å². The molecule has 1 aromatic heterocycles. The molecule has 88 valence electrons. The van der Waals surface area contributed by atoms with Crippen LogP contribution in [0.2, 0.25) is 0 Å². The molecule has 0 bridgehead atoms. The van der Waals surface area contributed by atoms with Crippen molar-refractivity contribution in [3.8, 4) is 6.07 Å². The molecule has 1 aromatic rings. The molecule has 5 nitrogen and oxygen atoms in total. The van der Waals surface area contributed by atoms with Gasteiger partial charge in [-0.1, -0.05) is 0 Å². The van der Waals surface area contributed by atoms with Crippen molar-refractivity contribution in [1.82, 2.24) is 9.88 Å². The lowest BCUT2D eigenvalue weighted by molar-refractivity contribution is -0.117. The van der Waals surface area contributed by atoms with Crippen molar-refractivity contribution >= 4 is 12.2 Å². The molecular formula is C12H14N4O. The van der Waals surface area contributed by atoms with E-state index in [2.05, 4.69) is 16.0 Å². The molecule has 1 aliphatic rings. The Morgan fingerprint density at radius 2 is 2.24 bits per heavy atom. The zero-order valence-electron chi connectivity index (χ0n) is 9.54. The SMILES string of the molecule is N#Cc1cccnc1N1CCCN(C=O)CC1. The summed E-state index contributed by atoms with van der Waals surface area (Å²) in [6.07, 6.45) is 3.48. The van der Waals surface area contributed by atoms with Gasteiger partial charge in [-0.15, -0.1) is 0 Å². The number of aromatic nitrogens is 1. The van der Waals surface area contributed by atoms with Gasteiger partial charge in [0.15, 0.2) is 0 Å². The summed E-state index contributed by atoms with van der Waals surface area (Å²) >= 11 is 0. The number of rotatable bonds is 2. The van der Waals surface area contributed by atoms with E-state index in [1.54, 1.807) is 23.2 Å². The zero-order valence-corrected chi connectivity index (χ0v) is 9.54. The highest BCUT2D eigenvalue weighted by Crippen LogP contribution is 2.17. The van der Waals surface area contributed by atoms with E-state index >= 15 is 0 Å². The fraction of sp³-hybridized carbons (Fsp3) is 0.417. The highest BCUT2D eigenvalue weighted by atomic mass is 16.1. The lowest BCUT2D eigenvalue weighted by atomic mass is 10.2. The molecule has 0 atom stereocenters. The standard InChI is InChI=1S/C12H14N4O/c13-9-11-3-1-4-14-12(11)16-6-2-5-15(10-17)7-8-16/h1,3-4,10H,2,5-8H2. The third-order valence-electron chi connectivity index (χ3n) is 2.89. The van der Waals surface area contributed by atoms with Crippen LogP contribution in [0.15, 0.2) is 18.3 Å². The maximum atomic E-state index is 10.7. The van der Waals surface area contributed by atoms with Crippen LogP contribution in [-0.4, -0.2) is 42.5 Å². The molecule has 0 N–H and O–H groups in total. The largest absolute Gasteiger partial charge is 0.354 e. The molecule has 0 saturated carbocycles. The van der Waals surface area contributed by atoms with E-state index in [9.17, 15) is 4.79 Å². The first-order chi connectivity index (χ1) is 8.35. The van der Waals surface area contributed by atoms with Gasteiger partial charge in [-0.25, -0.2) is 4.98 Å². The number of nitrogens with zero attached hydrogens (tertiary/aromatic N) is 4. The Morgan fingerprint density at radius 1 is 1.35 bits per heavy atom. The normalized spacial score (nSPS) is 16.2. The molecule has 2 rings (SSSR count). The Labute approximate surface area is 100 Å². The number of hydrogen-bond donors (Lipinski definition) is 0. The molecular weight excluding hydrogens is 216 g/mol. The highest BCUT2D eigenvalue weighted by molar-refractivity contribution is 5.54. The van der Waals surface area contributed by atoms with Crippen molar-refractivity contribution < 1.29 is 4.79 Å². The van der Waals surface area contributed by atoms with Gasteiger partial charge in [-0.2, -0.15) is 5.26 Å². The van der Waals surface area contributed by atoms with E-state index in [1.807, 2.05) is 0 Å². The molecule has 0 unspecified atom stereocenters. The summed E-state index contributed by atoms with van der Waals surface area (Å²) in [4.78, 5) is 18.8. The number of carbonyl (C=O) groups is 1. The number of pyridine rings is 1. The number of nitriles is 1. The molecule has 1 fully saturated rings. The third kappa shape index (κ3) is 2.53. The Kier molecular flexibility index (Phi) is 3.55. The molecule has 0 aliphatic carbocycles. The number of hydrogen-bond acceptors (Lipinski definition) is 4. The van der Waals surface area contributed by atoms with Gasteiger partial charge >= 0.3 is 0 Å². The van der Waals surface area contributed by atoms with Crippen molar-refractivity contribution in [2.45, 2.75) is 6.42 Å². The summed E-state index contributed by atoms with van der Waals surface area (Å²) in [7, 11) is 0. The third-order valence-corrected chi connectivity index (χ3v) is 2.89. The van der Waals surface area contributed by atoms with Gasteiger partial charge in [0.05, 0.1) is 5.56 Å². The fourth-order valence-electron chi connectivity index (χ4n) is 1.99. The van der Waals surface area contributed by atoms with E-state index in [1.165, 1.54) is 0 Å². The Morgan fingerprint density at radius 3 is 3.00 bits per heavy atom. The second kappa shape index (κ2) is 5.30. The summed E-state index contributed by atoms with van der Waals surface area (Å²) in [6.45, 7) is 3.01. The quantitative estimate of drug-likeness (QED) is 0.699. The second-order valence-corrected chi connectivity index (χ2v) is 3.97. The summed E-state index contributed by atoms with van der Waals surface area (Å²) in [5, 5.41) is 9.03. The molecule has 1 saturated heterocycles. The fourth-order valence-corrected chi connectivity index (χ4v) is 1.99. The molecule has 0 radical (unpaired) electrons. The van der Waals surface area contributed by atoms with Crippen LogP contribution in [0.5, 0.6) is 0 Å². The second-order valence-electron chi connectivity index (χ2n) is 3.97. The predicted octanol–water partition coefficient (Wildman–Crippen LogP) is 0.622. The minimum atomic E-state index is 0.590. The lowest BCUT2D eigenvalue weighted by Crippen LogP contribution is -2.30. The van der Waals surface area contributed by atoms with Crippen LogP contribution in [0.25, 0.3) is 0 Å². The molecule has 1 aliphatic heterocycles. The van der Waals surface area contributed by atoms with Gasteiger partial charge in [0.1, 0.15) is 11.9 Å². The van der Waals surface area contributed by atoms with Crippen molar-refractivity contribution in [3.05, 3.63) is 23.9 Å². The summed E-state index contributed by atoms with van der Waals surface area (Å²) in [5.74, 6) is 0.725. The number of amides is 1. The van der Waals surface area contributed by atoms with Gasteiger partial charge in [0.25, 0.3) is 0 Å². The molecule has 5 heteroatoms. The molecule has 17 heavy (non-hydrogen) atoms. The monoisotopic (exact) mass is 230 g/mol. The van der Waals surface area contributed by atoms with Crippen LogP contribution in [-0.2, 0) is 4.79 Å². The summed E-state index contributed by atoms with van der Waals surface area (Å²) in [6, 6.07) is 5.68. The van der Waals surface area contributed by atoms with E-state index in [0.717, 1.165) is 38.3 Å². The van der Waals surface area contributed by atoms with Crippen LogP contribution in [0.3, 0.4) is 0 Å². The maximum absolute atomic E-state index is 10.7. The maximum Gasteiger partial charge on any atom is 0.209 e. The van der Waals surface area contributed by atoms with Crippen molar-refractivity contribution in [2.75, 3.05) is 31.1 Å². The average Bonchev–Trinajstić information content (AvgIpc) is 2.63. The Hall–Kier alpha value is -2.09. The van der Waals surface area contributed by atoms with Gasteiger partial charge in [0, 0.05) is 32.4 Å². The van der Waals surface area contributed by atoms with Gasteiger partial charge in [-0.05, 0) is 18.6 Å². The Balaban J connectivity index is 2.17. The van der Waals surface area contributed by atoms with Gasteiger partial charge in [-0.3, -0.25) is 4.79 Å². The van der Waals surface area contributed by atoms with Gasteiger partial charge in [0.2, 0.25) is 6.41 Å². The number of anilines is 1. The van der Waals surface area contributed by atoms with E-state index < -0.39 is 0 Å². The minimum absolute atomic E-state index is 0.590. The topological polar surface area (TPSA) is 60.2 Å². The summed E-state index contributed by atoms with van der Waals surface area (Å²) in [5.41, 5.74) is 0.590. The van der Waals surface area contributed by atoms with E-state index in [4.69, 9.17) is 5.26 Å². The van der Waals surface area contributed by atoms with Crippen LogP contribution < -0.4 is 4.90 Å². The molecule has 1 amide bonds. The minimum Gasteiger partial charge on any atom is -0.354 e. The number of carbonyl (C=O) groups excluding carboxylic acids is 1. The van der Waals surface area contributed by atoms with Crippen molar-refractivity contribution in [1.29, 1.82) is 5.26 Å². The lowest BCUT2D eigenvalue weighted by Gasteiger charge is -2.22. The highest BCUT2D eigenvalue weighted by Gasteiger charge is 2.16. The zero-order chi connectivity index (χ0) is 12.1. The molecule has 0 aromatic carbocycles. The molecule has 2 heterocycles. The molecule has 0 spiro atoms. The van der Waals surface area contributed by atoms with Crippen LogP contribution >= 0.6 is 0 Å². The van der Waals surface area contributed by atoms with Gasteiger partial charge < -0.3 is 9.80 Å². The first kappa shape index (κ1) is 11.4. The van der Waals surface area contributed by atoms with Crippen molar-refractivity contribution in [3.63, 3.8) is 0 Å². The average molecular weight is 230 g/mol. The predicted molar refractivity (Wildman–Crippen MR) is 63.4 cm³/mol.